The Morgan fingerprint density at radius 3 is 2.17 bits per heavy atom. The summed E-state index contributed by atoms with van der Waals surface area (Å²) in [6.07, 6.45) is 14.9. The summed E-state index contributed by atoms with van der Waals surface area (Å²) in [6, 6.07) is 18.1. The van der Waals surface area contributed by atoms with Crippen LogP contribution >= 0.6 is 0 Å². The Balaban J connectivity index is 0.705. The predicted molar refractivity (Wildman–Crippen MR) is 278 cm³/mol. The molecule has 8 heterocycles. The zero-order valence-electron chi connectivity index (χ0n) is 42.5. The van der Waals surface area contributed by atoms with Crippen LogP contribution in [0.25, 0.3) is 22.3 Å². The number of nitrogens with one attached hydrogen (secondary N) is 2. The molecule has 2 aromatic carbocycles. The van der Waals surface area contributed by atoms with Crippen LogP contribution in [0.4, 0.5) is 17.2 Å². The van der Waals surface area contributed by atoms with E-state index >= 15 is 4.79 Å². The van der Waals surface area contributed by atoms with Gasteiger partial charge in [-0.25, -0.2) is 9.97 Å². The normalized spacial score (nSPS) is 25.8. The molecule has 380 valence electrons. The quantitative estimate of drug-likeness (QED) is 0.152. The Kier molecular flexibility index (Phi) is 12.2. The van der Waals surface area contributed by atoms with Gasteiger partial charge in [-0.05, 0) is 146 Å². The van der Waals surface area contributed by atoms with Crippen molar-refractivity contribution in [1.82, 2.24) is 34.6 Å². The third-order valence-corrected chi connectivity index (χ3v) is 18.4. The number of nitrogens with zero attached hydrogens (tertiary/aromatic N) is 8. The molecule has 5 saturated heterocycles. The van der Waals surface area contributed by atoms with Gasteiger partial charge in [0.15, 0.2) is 5.82 Å². The van der Waals surface area contributed by atoms with Crippen molar-refractivity contribution in [3.05, 3.63) is 66.0 Å². The van der Waals surface area contributed by atoms with E-state index in [0.29, 0.717) is 76.8 Å². The molecule has 2 aromatic heterocycles. The highest BCUT2D eigenvalue weighted by atomic mass is 16.2. The van der Waals surface area contributed by atoms with E-state index < -0.39 is 10.8 Å². The average molecular weight is 977 g/mol. The molecule has 2 saturated carbocycles. The van der Waals surface area contributed by atoms with Gasteiger partial charge in [0.25, 0.3) is 0 Å². The van der Waals surface area contributed by atoms with Crippen molar-refractivity contribution in [3.8, 4) is 11.3 Å². The standard InChI is InChI=1S/C57H72N10O5/c1-36(2)66-35-58-47-34-46(60-51(50(47)66)59-40-10-11-40)39-9-15-45-48(31-39)67(43-32-42(33-43)62-23-5-4-6-24-62)55(72)57(45)21-29-65(30-22-57)54(71)56(3)19-27-64(28-20-56)53(70)38-17-25-63(26-18-38)41-12-7-37(8-13-41)44-14-16-49(68)61-52(44)69/h7-9,12-13,15,31,34-36,38,40,42-44H,4-6,10-11,14,16-30,32-33H2,1-3H3,(H,59,60)(H,61,68,69). The number of anilines is 3. The fourth-order valence-electron chi connectivity index (χ4n) is 13.5. The van der Waals surface area contributed by atoms with Crippen molar-refractivity contribution < 1.29 is 24.0 Å². The third-order valence-electron chi connectivity index (χ3n) is 18.4. The second-order valence-corrected chi connectivity index (χ2v) is 23.3. The number of rotatable bonds is 10. The number of likely N-dealkylation sites (tertiary alicyclic amines) is 3. The van der Waals surface area contributed by atoms with E-state index in [1.807, 2.05) is 40.4 Å². The van der Waals surface area contributed by atoms with Gasteiger partial charge in [0.1, 0.15) is 5.52 Å². The number of benzene rings is 2. The average Bonchev–Trinajstić information content (AvgIpc) is 4.05. The van der Waals surface area contributed by atoms with Crippen molar-refractivity contribution in [2.24, 2.45) is 11.3 Å². The highest BCUT2D eigenvalue weighted by Crippen LogP contribution is 2.53. The third kappa shape index (κ3) is 8.44. The maximum absolute atomic E-state index is 15.3. The maximum atomic E-state index is 15.3. The minimum Gasteiger partial charge on any atom is -0.371 e. The van der Waals surface area contributed by atoms with Crippen LogP contribution < -0.4 is 20.4 Å². The molecule has 7 fully saturated rings. The molecule has 5 amide bonds. The number of carbonyl (C=O) groups is 5. The maximum Gasteiger partial charge on any atom is 0.238 e. The number of carbonyl (C=O) groups excluding carboxylic acids is 5. The number of imide groups is 1. The van der Waals surface area contributed by atoms with E-state index in [1.54, 1.807) is 0 Å². The molecule has 15 heteroatoms. The predicted octanol–water partition coefficient (Wildman–Crippen LogP) is 7.54. The van der Waals surface area contributed by atoms with Crippen LogP contribution in [-0.4, -0.2) is 129 Å². The van der Waals surface area contributed by atoms with Gasteiger partial charge in [-0.2, -0.15) is 0 Å². The van der Waals surface area contributed by atoms with Gasteiger partial charge in [-0.3, -0.25) is 29.3 Å². The first-order valence-electron chi connectivity index (χ1n) is 27.5. The molecular weight excluding hydrogens is 905 g/mol. The number of aromatic nitrogens is 3. The fourth-order valence-corrected chi connectivity index (χ4v) is 13.5. The number of amides is 5. The molecule has 12 rings (SSSR count). The summed E-state index contributed by atoms with van der Waals surface area (Å²) in [5.41, 5.74) is 6.66. The molecule has 15 nitrogen and oxygen atoms in total. The van der Waals surface area contributed by atoms with E-state index in [9.17, 15) is 19.2 Å². The van der Waals surface area contributed by atoms with Crippen LogP contribution in [0.3, 0.4) is 0 Å². The molecule has 0 bridgehead atoms. The minimum atomic E-state index is -0.682. The number of hydrogen-bond donors (Lipinski definition) is 2. The SMILES string of the molecule is CC(C)n1cnc2cc(-c3ccc4c(c3)N(C3CC(N5CCCCC5)C3)C(=O)C43CCN(C(=O)C4(C)CCN(C(=O)C5CCN(c6ccc(C7CCC(=O)NC7=O)cc6)CC5)CC4)CC3)nc(NC3CC3)c21. The monoisotopic (exact) mass is 977 g/mol. The first-order chi connectivity index (χ1) is 34.9. The van der Waals surface area contributed by atoms with Gasteiger partial charge in [0.05, 0.1) is 28.9 Å². The van der Waals surface area contributed by atoms with Crippen LogP contribution in [0.1, 0.15) is 140 Å². The smallest absolute Gasteiger partial charge is 0.238 e. The topological polar surface area (TPSA) is 156 Å². The molecule has 6 aliphatic heterocycles. The highest BCUT2D eigenvalue weighted by molar-refractivity contribution is 6.09. The van der Waals surface area contributed by atoms with E-state index in [4.69, 9.17) is 9.97 Å². The first kappa shape index (κ1) is 47.2. The van der Waals surface area contributed by atoms with Crippen LogP contribution in [-0.2, 0) is 29.4 Å². The summed E-state index contributed by atoms with van der Waals surface area (Å²) in [5.74, 6) is 0.641. The lowest BCUT2D eigenvalue weighted by molar-refractivity contribution is -0.150. The largest absolute Gasteiger partial charge is 0.371 e. The van der Waals surface area contributed by atoms with Gasteiger partial charge in [0.2, 0.25) is 29.5 Å². The number of pyridine rings is 1. The van der Waals surface area contributed by atoms with Crippen LogP contribution in [0, 0.1) is 11.3 Å². The van der Waals surface area contributed by atoms with E-state index in [-0.39, 0.29) is 53.5 Å². The molecule has 1 atom stereocenters. The van der Waals surface area contributed by atoms with Crippen LogP contribution in [0.2, 0.25) is 0 Å². The molecule has 72 heavy (non-hydrogen) atoms. The Hall–Kier alpha value is -5.83. The van der Waals surface area contributed by atoms with Gasteiger partial charge < -0.3 is 34.4 Å². The minimum absolute atomic E-state index is 0.0447. The molecular formula is C57H72N10O5. The van der Waals surface area contributed by atoms with Crippen molar-refractivity contribution in [1.29, 1.82) is 0 Å². The number of hydrogen-bond acceptors (Lipinski definition) is 10. The Bertz CT molecular complexity index is 2770. The van der Waals surface area contributed by atoms with Crippen LogP contribution in [0.15, 0.2) is 54.9 Å². The zero-order chi connectivity index (χ0) is 49.5. The fraction of sp³-hybridized carbons (Fsp3) is 0.596. The van der Waals surface area contributed by atoms with Gasteiger partial charge in [0, 0.05) is 98.1 Å². The molecule has 2 N–H and O–H groups in total. The van der Waals surface area contributed by atoms with E-state index in [1.165, 1.54) is 19.3 Å². The van der Waals surface area contributed by atoms with Crippen molar-refractivity contribution in [3.63, 3.8) is 0 Å². The summed E-state index contributed by atoms with van der Waals surface area (Å²) in [5, 5.41) is 6.16. The Morgan fingerprint density at radius 2 is 1.49 bits per heavy atom. The first-order valence-corrected chi connectivity index (χ1v) is 27.5. The van der Waals surface area contributed by atoms with Gasteiger partial charge in [-0.15, -0.1) is 0 Å². The lowest BCUT2D eigenvalue weighted by atomic mass is 9.72. The summed E-state index contributed by atoms with van der Waals surface area (Å²) in [7, 11) is 0. The Labute approximate surface area is 423 Å². The second-order valence-electron chi connectivity index (χ2n) is 23.3. The lowest BCUT2D eigenvalue weighted by Gasteiger charge is -2.48. The number of piperidine rings is 5. The van der Waals surface area contributed by atoms with Gasteiger partial charge in [-0.1, -0.05) is 37.6 Å². The molecule has 0 radical (unpaired) electrons. The number of fused-ring (bicyclic) bond motifs is 3. The molecule has 2 aliphatic carbocycles. The van der Waals surface area contributed by atoms with E-state index in [2.05, 4.69) is 74.9 Å². The van der Waals surface area contributed by atoms with Gasteiger partial charge >= 0.3 is 0 Å². The molecule has 1 unspecified atom stereocenters. The summed E-state index contributed by atoms with van der Waals surface area (Å²) >= 11 is 0. The number of imidazole rings is 1. The molecule has 4 aromatic rings. The van der Waals surface area contributed by atoms with Crippen LogP contribution in [0.5, 0.6) is 0 Å². The zero-order valence-corrected chi connectivity index (χ0v) is 42.5. The summed E-state index contributed by atoms with van der Waals surface area (Å²) in [6.45, 7) is 12.5. The van der Waals surface area contributed by atoms with Crippen molar-refractivity contribution >= 4 is 57.8 Å². The lowest BCUT2D eigenvalue weighted by Crippen LogP contribution is -2.59. The highest BCUT2D eigenvalue weighted by Gasteiger charge is 2.56. The second kappa shape index (κ2) is 18.6. The van der Waals surface area contributed by atoms with Crippen molar-refractivity contribution in [2.75, 3.05) is 67.5 Å². The Morgan fingerprint density at radius 1 is 0.778 bits per heavy atom. The summed E-state index contributed by atoms with van der Waals surface area (Å²) in [4.78, 5) is 89.2. The summed E-state index contributed by atoms with van der Waals surface area (Å²) < 4.78 is 2.20. The van der Waals surface area contributed by atoms with Crippen molar-refractivity contribution in [2.45, 2.75) is 153 Å². The molecule has 1 spiro atoms. The molecule has 8 aliphatic rings. The van der Waals surface area contributed by atoms with E-state index in [0.717, 1.165) is 115 Å².